The van der Waals surface area contributed by atoms with Crippen molar-refractivity contribution in [2.24, 2.45) is 5.41 Å². The van der Waals surface area contributed by atoms with E-state index in [0.29, 0.717) is 5.41 Å². The highest BCUT2D eigenvalue weighted by molar-refractivity contribution is 9.10. The van der Waals surface area contributed by atoms with Crippen molar-refractivity contribution >= 4 is 15.9 Å². The number of hydrogen-bond donors (Lipinski definition) is 1. The van der Waals surface area contributed by atoms with Crippen LogP contribution >= 0.6 is 15.9 Å². The first kappa shape index (κ1) is 15.4. The molecule has 0 aliphatic heterocycles. The molecule has 2 fully saturated rings. The Balaban J connectivity index is 1.71. The molecule has 3 rings (SSSR count). The highest BCUT2D eigenvalue weighted by atomic mass is 79.9. The molecule has 0 saturated heterocycles. The van der Waals surface area contributed by atoms with Crippen LogP contribution in [-0.4, -0.2) is 19.7 Å². The van der Waals surface area contributed by atoms with E-state index in [0.717, 1.165) is 16.3 Å². The predicted molar refractivity (Wildman–Crippen MR) is 90.9 cm³/mol. The summed E-state index contributed by atoms with van der Waals surface area (Å²) >= 11 is 3.62. The smallest absolute Gasteiger partial charge is 0.133 e. The van der Waals surface area contributed by atoms with Gasteiger partial charge < -0.3 is 10.1 Å². The van der Waals surface area contributed by atoms with Crippen LogP contribution < -0.4 is 10.1 Å². The van der Waals surface area contributed by atoms with E-state index in [2.05, 4.69) is 39.4 Å². The summed E-state index contributed by atoms with van der Waals surface area (Å²) < 4.78 is 6.42. The molecule has 1 N–H and O–H groups in total. The molecular weight excluding hydrogens is 326 g/mol. The van der Waals surface area contributed by atoms with Gasteiger partial charge in [0.25, 0.3) is 0 Å². The Kier molecular flexibility index (Phi) is 4.90. The summed E-state index contributed by atoms with van der Waals surface area (Å²) in [4.78, 5) is 0. The van der Waals surface area contributed by atoms with Gasteiger partial charge >= 0.3 is 0 Å². The predicted octanol–water partition coefficient (Wildman–Crippen LogP) is 4.70. The van der Waals surface area contributed by atoms with Gasteiger partial charge in [-0.1, -0.05) is 25.3 Å². The Morgan fingerprint density at radius 3 is 2.62 bits per heavy atom. The highest BCUT2D eigenvalue weighted by Crippen LogP contribution is 2.40. The van der Waals surface area contributed by atoms with Gasteiger partial charge in [0, 0.05) is 12.6 Å². The van der Waals surface area contributed by atoms with Crippen LogP contribution in [-0.2, 0) is 6.42 Å². The molecule has 2 saturated carbocycles. The van der Waals surface area contributed by atoms with E-state index >= 15 is 0 Å². The lowest BCUT2D eigenvalue weighted by atomic mass is 9.70. The number of hydrogen-bond acceptors (Lipinski definition) is 2. The lowest BCUT2D eigenvalue weighted by Gasteiger charge is -2.38. The Morgan fingerprint density at radius 2 is 2.00 bits per heavy atom. The van der Waals surface area contributed by atoms with Crippen LogP contribution in [0, 0.1) is 5.41 Å². The quantitative estimate of drug-likeness (QED) is 0.801. The van der Waals surface area contributed by atoms with E-state index in [-0.39, 0.29) is 0 Å². The maximum absolute atomic E-state index is 5.34. The minimum atomic E-state index is 0.467. The summed E-state index contributed by atoms with van der Waals surface area (Å²) in [5.41, 5.74) is 1.90. The minimum Gasteiger partial charge on any atom is -0.496 e. The third kappa shape index (κ3) is 4.01. The molecule has 0 bridgehead atoms. The molecule has 0 amide bonds. The summed E-state index contributed by atoms with van der Waals surface area (Å²) in [7, 11) is 1.72. The van der Waals surface area contributed by atoms with E-state index in [4.69, 9.17) is 4.74 Å². The monoisotopic (exact) mass is 351 g/mol. The lowest BCUT2D eigenvalue weighted by molar-refractivity contribution is 0.180. The SMILES string of the molecule is COc1ccc(CC2(CNC3CC3)CCCCC2)cc1Br. The van der Waals surface area contributed by atoms with Crippen molar-refractivity contribution in [3.05, 3.63) is 28.2 Å². The summed E-state index contributed by atoms with van der Waals surface area (Å²) in [6, 6.07) is 7.37. The van der Waals surface area contributed by atoms with Crippen LogP contribution in [0.2, 0.25) is 0 Å². The molecule has 116 valence electrons. The zero-order valence-corrected chi connectivity index (χ0v) is 14.5. The van der Waals surface area contributed by atoms with E-state index in [1.54, 1.807) is 7.11 Å². The van der Waals surface area contributed by atoms with Crippen molar-refractivity contribution in [2.75, 3.05) is 13.7 Å². The van der Waals surface area contributed by atoms with Crippen molar-refractivity contribution in [1.82, 2.24) is 5.32 Å². The number of rotatable bonds is 6. The molecule has 2 aliphatic carbocycles. The molecule has 1 aromatic carbocycles. The molecule has 0 atom stereocenters. The highest BCUT2D eigenvalue weighted by Gasteiger charge is 2.34. The van der Waals surface area contributed by atoms with Crippen molar-refractivity contribution < 1.29 is 4.74 Å². The number of halogens is 1. The van der Waals surface area contributed by atoms with E-state index < -0.39 is 0 Å². The molecule has 3 heteroatoms. The average Bonchev–Trinajstić information content (AvgIpc) is 3.31. The molecule has 0 spiro atoms. The van der Waals surface area contributed by atoms with Crippen LogP contribution in [0.4, 0.5) is 0 Å². The molecular formula is C18H26BrNO. The molecule has 1 aromatic rings. The first-order valence-corrected chi connectivity index (χ1v) is 9.06. The second-order valence-corrected chi connectivity index (χ2v) is 7.72. The second-order valence-electron chi connectivity index (χ2n) is 6.86. The Labute approximate surface area is 136 Å². The fraction of sp³-hybridized carbons (Fsp3) is 0.667. The Morgan fingerprint density at radius 1 is 1.24 bits per heavy atom. The third-order valence-electron chi connectivity index (χ3n) is 5.05. The molecule has 0 heterocycles. The first-order chi connectivity index (χ1) is 10.2. The number of methoxy groups -OCH3 is 1. The standard InChI is InChI=1S/C18H26BrNO/c1-21-17-8-5-14(11-16(17)19)12-18(9-3-2-4-10-18)13-20-15-6-7-15/h5,8,11,15,20H,2-4,6-7,9-10,12-13H2,1H3. The second kappa shape index (κ2) is 6.70. The zero-order chi connectivity index (χ0) is 14.7. The van der Waals surface area contributed by atoms with Gasteiger partial charge in [-0.15, -0.1) is 0 Å². The van der Waals surface area contributed by atoms with Crippen LogP contribution in [0.25, 0.3) is 0 Å². The molecule has 0 aromatic heterocycles. The van der Waals surface area contributed by atoms with Gasteiger partial charge in [-0.2, -0.15) is 0 Å². The Bertz CT molecular complexity index is 478. The summed E-state index contributed by atoms with van der Waals surface area (Å²) in [6.07, 6.45) is 10.9. The van der Waals surface area contributed by atoms with E-state index in [1.165, 1.54) is 63.5 Å². The topological polar surface area (TPSA) is 21.3 Å². The number of benzene rings is 1. The van der Waals surface area contributed by atoms with E-state index in [1.807, 2.05) is 0 Å². The fourth-order valence-electron chi connectivity index (χ4n) is 3.62. The van der Waals surface area contributed by atoms with Crippen LogP contribution in [0.3, 0.4) is 0 Å². The maximum atomic E-state index is 5.34. The van der Waals surface area contributed by atoms with Crippen molar-refractivity contribution in [3.8, 4) is 5.75 Å². The fourth-order valence-corrected chi connectivity index (χ4v) is 4.21. The van der Waals surface area contributed by atoms with Crippen molar-refractivity contribution in [1.29, 1.82) is 0 Å². The molecule has 2 nitrogen and oxygen atoms in total. The average molecular weight is 352 g/mol. The van der Waals surface area contributed by atoms with E-state index in [9.17, 15) is 0 Å². The van der Waals surface area contributed by atoms with Gasteiger partial charge in [0.05, 0.1) is 11.6 Å². The van der Waals surface area contributed by atoms with Crippen LogP contribution in [0.1, 0.15) is 50.5 Å². The van der Waals surface area contributed by atoms with Gasteiger partial charge in [-0.05, 0) is 71.1 Å². The molecule has 0 radical (unpaired) electrons. The van der Waals surface area contributed by atoms with Crippen LogP contribution in [0.15, 0.2) is 22.7 Å². The van der Waals surface area contributed by atoms with Gasteiger partial charge in [0.1, 0.15) is 5.75 Å². The minimum absolute atomic E-state index is 0.467. The third-order valence-corrected chi connectivity index (χ3v) is 5.67. The first-order valence-electron chi connectivity index (χ1n) is 8.27. The van der Waals surface area contributed by atoms with Gasteiger partial charge in [0.15, 0.2) is 0 Å². The zero-order valence-electron chi connectivity index (χ0n) is 13.0. The summed E-state index contributed by atoms with van der Waals surface area (Å²) in [6.45, 7) is 1.20. The lowest BCUT2D eigenvalue weighted by Crippen LogP contribution is -2.38. The van der Waals surface area contributed by atoms with Crippen molar-refractivity contribution in [3.63, 3.8) is 0 Å². The van der Waals surface area contributed by atoms with Gasteiger partial charge in [-0.25, -0.2) is 0 Å². The molecule has 0 unspecified atom stereocenters. The maximum Gasteiger partial charge on any atom is 0.133 e. The molecule has 21 heavy (non-hydrogen) atoms. The normalized spacial score (nSPS) is 21.2. The number of ether oxygens (including phenoxy) is 1. The van der Waals surface area contributed by atoms with Gasteiger partial charge in [-0.3, -0.25) is 0 Å². The van der Waals surface area contributed by atoms with Crippen LogP contribution in [0.5, 0.6) is 5.75 Å². The summed E-state index contributed by atoms with van der Waals surface area (Å²) in [5.74, 6) is 0.924. The van der Waals surface area contributed by atoms with Crippen molar-refractivity contribution in [2.45, 2.75) is 57.4 Å². The number of nitrogens with one attached hydrogen (secondary N) is 1. The Hall–Kier alpha value is -0.540. The largest absolute Gasteiger partial charge is 0.496 e. The molecule has 2 aliphatic rings. The van der Waals surface area contributed by atoms with Gasteiger partial charge in [0.2, 0.25) is 0 Å². The summed E-state index contributed by atoms with van der Waals surface area (Å²) in [5, 5.41) is 3.79.